The van der Waals surface area contributed by atoms with Crippen molar-refractivity contribution in [2.45, 2.75) is 19.9 Å². The van der Waals surface area contributed by atoms with Gasteiger partial charge in [0.1, 0.15) is 6.04 Å². The lowest BCUT2D eigenvalue weighted by Crippen LogP contribution is -2.45. The molecule has 5 heteroatoms. The number of carboxylic acids is 1. The Labute approximate surface area is 82.1 Å². The van der Waals surface area contributed by atoms with Gasteiger partial charge in [0, 0.05) is 0 Å². The molecule has 0 heterocycles. The molecule has 76 valence electrons. The summed E-state index contributed by atoms with van der Waals surface area (Å²) in [4.78, 5) is 21.7. The van der Waals surface area contributed by atoms with Crippen LogP contribution < -0.4 is 5.32 Å². The Bertz CT molecular complexity index is 194. The fourth-order valence-corrected chi connectivity index (χ4v) is 1.21. The fourth-order valence-electron chi connectivity index (χ4n) is 0.860. The zero-order valence-electron chi connectivity index (χ0n) is 8.03. The van der Waals surface area contributed by atoms with Gasteiger partial charge in [0.25, 0.3) is 0 Å². The lowest BCUT2D eigenvalue weighted by atomic mass is 10.1. The van der Waals surface area contributed by atoms with E-state index in [1.54, 1.807) is 20.1 Å². The highest BCUT2D eigenvalue weighted by molar-refractivity contribution is 7.99. The van der Waals surface area contributed by atoms with Crippen LogP contribution in [0.1, 0.15) is 13.8 Å². The van der Waals surface area contributed by atoms with Crippen molar-refractivity contribution in [1.82, 2.24) is 5.32 Å². The fraction of sp³-hybridized carbons (Fsp3) is 0.750. The molecule has 0 fully saturated rings. The molecule has 13 heavy (non-hydrogen) atoms. The number of thioether (sulfide) groups is 1. The van der Waals surface area contributed by atoms with E-state index in [0.717, 1.165) is 0 Å². The monoisotopic (exact) mass is 205 g/mol. The maximum atomic E-state index is 11.1. The van der Waals surface area contributed by atoms with E-state index >= 15 is 0 Å². The van der Waals surface area contributed by atoms with Crippen LogP contribution in [0.5, 0.6) is 0 Å². The summed E-state index contributed by atoms with van der Waals surface area (Å²) < 4.78 is 0. The van der Waals surface area contributed by atoms with Crippen molar-refractivity contribution >= 4 is 23.6 Å². The molecule has 1 amide bonds. The molecule has 0 radical (unpaired) electrons. The third-order valence-electron chi connectivity index (χ3n) is 1.52. The molecule has 4 nitrogen and oxygen atoms in total. The quantitative estimate of drug-likeness (QED) is 0.689. The van der Waals surface area contributed by atoms with Crippen LogP contribution in [0.2, 0.25) is 0 Å². The van der Waals surface area contributed by atoms with Crippen molar-refractivity contribution in [2.75, 3.05) is 12.0 Å². The zero-order valence-corrected chi connectivity index (χ0v) is 8.85. The van der Waals surface area contributed by atoms with Gasteiger partial charge in [0.05, 0.1) is 5.75 Å². The van der Waals surface area contributed by atoms with Crippen molar-refractivity contribution < 1.29 is 14.7 Å². The van der Waals surface area contributed by atoms with Gasteiger partial charge in [-0.3, -0.25) is 4.79 Å². The zero-order chi connectivity index (χ0) is 10.4. The Kier molecular flexibility index (Phi) is 5.53. The van der Waals surface area contributed by atoms with E-state index in [2.05, 4.69) is 5.32 Å². The van der Waals surface area contributed by atoms with E-state index < -0.39 is 12.0 Å². The molecule has 0 bridgehead atoms. The van der Waals surface area contributed by atoms with Gasteiger partial charge in [0.15, 0.2) is 0 Å². The number of nitrogens with one attached hydrogen (secondary N) is 1. The topological polar surface area (TPSA) is 66.4 Å². The first-order valence-corrected chi connectivity index (χ1v) is 5.39. The van der Waals surface area contributed by atoms with Crippen LogP contribution in [0.25, 0.3) is 0 Å². The van der Waals surface area contributed by atoms with Gasteiger partial charge in [-0.05, 0) is 12.2 Å². The smallest absolute Gasteiger partial charge is 0.326 e. The molecule has 0 aromatic rings. The van der Waals surface area contributed by atoms with Crippen molar-refractivity contribution in [1.29, 1.82) is 0 Å². The van der Waals surface area contributed by atoms with Crippen LogP contribution in [-0.4, -0.2) is 35.0 Å². The molecule has 2 N–H and O–H groups in total. The molecule has 0 saturated carbocycles. The summed E-state index contributed by atoms with van der Waals surface area (Å²) in [7, 11) is 0. The molecule has 0 aromatic carbocycles. The van der Waals surface area contributed by atoms with Crippen LogP contribution in [0.3, 0.4) is 0 Å². The Morgan fingerprint density at radius 1 is 1.46 bits per heavy atom. The van der Waals surface area contributed by atoms with Gasteiger partial charge in [-0.2, -0.15) is 11.8 Å². The SMILES string of the molecule is CSCC(=O)N[C@H](C(=O)O)C(C)C. The van der Waals surface area contributed by atoms with Crippen LogP contribution in [0, 0.1) is 5.92 Å². The van der Waals surface area contributed by atoms with E-state index in [0.29, 0.717) is 5.75 Å². The Morgan fingerprint density at radius 2 is 2.00 bits per heavy atom. The summed E-state index contributed by atoms with van der Waals surface area (Å²) in [5, 5.41) is 11.2. The standard InChI is InChI=1S/C8H15NO3S/c1-5(2)7(8(11)12)9-6(10)4-13-3/h5,7H,4H2,1-3H3,(H,9,10)(H,11,12)/t7-/m0/s1. The van der Waals surface area contributed by atoms with Gasteiger partial charge in [0.2, 0.25) is 5.91 Å². The molecule has 1 atom stereocenters. The lowest BCUT2D eigenvalue weighted by molar-refractivity contribution is -0.142. The van der Waals surface area contributed by atoms with E-state index in [1.165, 1.54) is 11.8 Å². The lowest BCUT2D eigenvalue weighted by Gasteiger charge is -2.17. The highest BCUT2D eigenvalue weighted by atomic mass is 32.2. The van der Waals surface area contributed by atoms with E-state index in [1.807, 2.05) is 0 Å². The van der Waals surface area contributed by atoms with Gasteiger partial charge in [-0.25, -0.2) is 4.79 Å². The molecule has 0 aliphatic carbocycles. The van der Waals surface area contributed by atoms with Gasteiger partial charge >= 0.3 is 5.97 Å². The molecule has 0 saturated heterocycles. The minimum atomic E-state index is -0.982. The van der Waals surface area contributed by atoms with Crippen LogP contribution in [-0.2, 0) is 9.59 Å². The van der Waals surface area contributed by atoms with Crippen molar-refractivity contribution in [2.24, 2.45) is 5.92 Å². The number of carbonyl (C=O) groups is 2. The Balaban J connectivity index is 4.10. The summed E-state index contributed by atoms with van der Waals surface area (Å²) in [5.41, 5.74) is 0. The summed E-state index contributed by atoms with van der Waals surface area (Å²) in [6.07, 6.45) is 1.80. The molecule has 0 spiro atoms. The van der Waals surface area contributed by atoms with E-state index in [-0.39, 0.29) is 11.8 Å². The maximum absolute atomic E-state index is 11.1. The van der Waals surface area contributed by atoms with Crippen LogP contribution in [0.4, 0.5) is 0 Å². The van der Waals surface area contributed by atoms with Crippen LogP contribution in [0.15, 0.2) is 0 Å². The second kappa shape index (κ2) is 5.85. The summed E-state index contributed by atoms with van der Waals surface area (Å²) in [5.74, 6) is -1.00. The predicted octanol–water partition coefficient (Wildman–Crippen LogP) is 0.575. The first kappa shape index (κ1) is 12.3. The number of carboxylic acid groups (broad SMARTS) is 1. The highest BCUT2D eigenvalue weighted by Gasteiger charge is 2.22. The minimum absolute atomic E-state index is 0.0942. The normalized spacial score (nSPS) is 12.6. The third kappa shape index (κ3) is 4.77. The predicted molar refractivity (Wildman–Crippen MR) is 52.8 cm³/mol. The Hall–Kier alpha value is -0.710. The first-order valence-electron chi connectivity index (χ1n) is 4.00. The number of carbonyl (C=O) groups excluding carboxylic acids is 1. The number of hydrogen-bond acceptors (Lipinski definition) is 3. The highest BCUT2D eigenvalue weighted by Crippen LogP contribution is 2.02. The Morgan fingerprint density at radius 3 is 2.31 bits per heavy atom. The molecule has 0 aliphatic heterocycles. The minimum Gasteiger partial charge on any atom is -0.480 e. The maximum Gasteiger partial charge on any atom is 0.326 e. The second-order valence-corrected chi connectivity index (χ2v) is 3.93. The summed E-state index contributed by atoms with van der Waals surface area (Å²) >= 11 is 1.37. The number of aliphatic carboxylic acids is 1. The van der Waals surface area contributed by atoms with Crippen molar-refractivity contribution in [3.05, 3.63) is 0 Å². The molecule has 0 unspecified atom stereocenters. The average molecular weight is 205 g/mol. The number of rotatable bonds is 5. The third-order valence-corrected chi connectivity index (χ3v) is 2.08. The second-order valence-electron chi connectivity index (χ2n) is 3.06. The van der Waals surface area contributed by atoms with E-state index in [9.17, 15) is 9.59 Å². The number of amides is 1. The molecular weight excluding hydrogens is 190 g/mol. The van der Waals surface area contributed by atoms with E-state index in [4.69, 9.17) is 5.11 Å². The largest absolute Gasteiger partial charge is 0.480 e. The summed E-state index contributed by atoms with van der Waals surface area (Å²) in [6, 6.07) is -0.778. The molecule has 0 aliphatic rings. The number of hydrogen-bond donors (Lipinski definition) is 2. The average Bonchev–Trinajstić information content (AvgIpc) is 1.99. The van der Waals surface area contributed by atoms with Gasteiger partial charge in [-0.15, -0.1) is 0 Å². The van der Waals surface area contributed by atoms with Crippen molar-refractivity contribution in [3.8, 4) is 0 Å². The molecular formula is C8H15NO3S. The molecule has 0 aromatic heterocycles. The first-order chi connectivity index (χ1) is 5.99. The summed E-state index contributed by atoms with van der Waals surface area (Å²) in [6.45, 7) is 3.52. The van der Waals surface area contributed by atoms with Gasteiger partial charge in [-0.1, -0.05) is 13.8 Å². The van der Waals surface area contributed by atoms with Crippen LogP contribution >= 0.6 is 11.8 Å². The van der Waals surface area contributed by atoms with Gasteiger partial charge < -0.3 is 10.4 Å². The molecule has 0 rings (SSSR count). The van der Waals surface area contributed by atoms with Crippen molar-refractivity contribution in [3.63, 3.8) is 0 Å².